The second-order valence-corrected chi connectivity index (χ2v) is 5.83. The van der Waals surface area contributed by atoms with Crippen molar-refractivity contribution in [3.63, 3.8) is 0 Å². The average Bonchev–Trinajstić information content (AvgIpc) is 2.28. The highest BCUT2D eigenvalue weighted by Crippen LogP contribution is 2.24. The van der Waals surface area contributed by atoms with Crippen LogP contribution in [0.1, 0.15) is 5.56 Å². The topological polar surface area (TPSA) is 52.6 Å². The molecule has 0 atom stereocenters. The number of ether oxygens (including phenoxy) is 1. The van der Waals surface area contributed by atoms with E-state index < -0.39 is 25.4 Å². The van der Waals surface area contributed by atoms with Crippen LogP contribution in [0.5, 0.6) is 5.75 Å². The van der Waals surface area contributed by atoms with Gasteiger partial charge in [-0.2, -0.15) is 21.6 Å². The standard InChI is InChI=1S/C9H9F3O4SSi/c1-15-8-4-2-7(3-5-8)6-18-16-17(13,14)9(10,11)12/h2-5H,6H2,1H3. The van der Waals surface area contributed by atoms with Crippen LogP contribution >= 0.6 is 0 Å². The van der Waals surface area contributed by atoms with E-state index in [0.29, 0.717) is 11.3 Å². The van der Waals surface area contributed by atoms with Crippen molar-refractivity contribution in [2.75, 3.05) is 7.11 Å². The van der Waals surface area contributed by atoms with Crippen LogP contribution in [0, 0.1) is 0 Å². The summed E-state index contributed by atoms with van der Waals surface area (Å²) in [4.78, 5) is 0. The number of hydrogen-bond acceptors (Lipinski definition) is 4. The molecule has 0 aliphatic rings. The summed E-state index contributed by atoms with van der Waals surface area (Å²) in [6.07, 6.45) is 0. The first-order chi connectivity index (χ1) is 8.26. The zero-order valence-corrected chi connectivity index (χ0v) is 11.0. The zero-order valence-electron chi connectivity index (χ0n) is 9.19. The minimum Gasteiger partial charge on any atom is -0.497 e. The minimum absolute atomic E-state index is 0.0826. The van der Waals surface area contributed by atoms with Crippen LogP contribution in [-0.4, -0.2) is 30.8 Å². The lowest BCUT2D eigenvalue weighted by atomic mass is 10.2. The van der Waals surface area contributed by atoms with Gasteiger partial charge in [-0.15, -0.1) is 0 Å². The molecule has 0 heterocycles. The summed E-state index contributed by atoms with van der Waals surface area (Å²) in [6.45, 7) is 0. The highest BCUT2D eigenvalue weighted by Gasteiger charge is 2.46. The number of halogens is 3. The summed E-state index contributed by atoms with van der Waals surface area (Å²) in [5.41, 5.74) is -4.72. The van der Waals surface area contributed by atoms with E-state index in [1.807, 2.05) is 0 Å². The maximum Gasteiger partial charge on any atom is 0.522 e. The van der Waals surface area contributed by atoms with Crippen molar-refractivity contribution >= 4 is 19.9 Å². The molecular weight excluding hydrogens is 289 g/mol. The Balaban J connectivity index is 2.52. The third-order valence-electron chi connectivity index (χ3n) is 1.89. The summed E-state index contributed by atoms with van der Waals surface area (Å²) < 4.78 is 65.8. The Bertz CT molecular complexity index is 484. The highest BCUT2D eigenvalue weighted by atomic mass is 32.2. The fourth-order valence-corrected chi connectivity index (χ4v) is 2.62. The Hall–Kier alpha value is -1.06. The maximum absolute atomic E-state index is 11.9. The van der Waals surface area contributed by atoms with E-state index in [9.17, 15) is 21.6 Å². The quantitative estimate of drug-likeness (QED) is 0.613. The lowest BCUT2D eigenvalue weighted by Crippen LogP contribution is -2.27. The van der Waals surface area contributed by atoms with Crippen LogP contribution in [0.4, 0.5) is 13.2 Å². The van der Waals surface area contributed by atoms with E-state index in [1.165, 1.54) is 7.11 Å². The van der Waals surface area contributed by atoms with Crippen LogP contribution in [0.2, 0.25) is 0 Å². The number of methoxy groups -OCH3 is 1. The molecule has 0 amide bonds. The molecule has 1 rings (SSSR count). The number of hydrogen-bond donors (Lipinski definition) is 0. The van der Waals surface area contributed by atoms with Gasteiger partial charge in [0.1, 0.15) is 5.75 Å². The van der Waals surface area contributed by atoms with Crippen molar-refractivity contribution in [1.29, 1.82) is 0 Å². The fourth-order valence-electron chi connectivity index (χ4n) is 0.981. The SMILES string of the molecule is COc1ccc(C[Si]OS(=O)(=O)C(F)(F)F)cc1. The lowest BCUT2D eigenvalue weighted by Gasteiger charge is -2.07. The molecule has 1 aromatic carbocycles. The molecule has 0 aliphatic carbocycles. The van der Waals surface area contributed by atoms with Crippen molar-refractivity contribution in [2.24, 2.45) is 0 Å². The van der Waals surface area contributed by atoms with E-state index in [2.05, 4.69) is 3.87 Å². The van der Waals surface area contributed by atoms with E-state index in [1.54, 1.807) is 24.3 Å². The second-order valence-electron chi connectivity index (χ2n) is 3.15. The first kappa shape index (κ1) is 15.0. The van der Waals surface area contributed by atoms with Crippen LogP contribution in [0.25, 0.3) is 0 Å². The molecule has 18 heavy (non-hydrogen) atoms. The molecule has 0 saturated heterocycles. The Labute approximate surface area is 105 Å². The van der Waals surface area contributed by atoms with Gasteiger partial charge < -0.3 is 8.61 Å². The van der Waals surface area contributed by atoms with Crippen LogP contribution in [0.15, 0.2) is 24.3 Å². The van der Waals surface area contributed by atoms with Gasteiger partial charge in [0.2, 0.25) is 0 Å². The Morgan fingerprint density at radius 3 is 2.22 bits per heavy atom. The Morgan fingerprint density at radius 1 is 1.22 bits per heavy atom. The molecule has 0 saturated carbocycles. The van der Waals surface area contributed by atoms with Gasteiger partial charge in [0.05, 0.1) is 7.11 Å². The third-order valence-corrected chi connectivity index (χ3v) is 4.36. The van der Waals surface area contributed by atoms with Crippen LogP contribution in [-0.2, 0) is 20.0 Å². The summed E-state index contributed by atoms with van der Waals surface area (Å²) in [7, 11) is -4.83. The van der Waals surface area contributed by atoms with Crippen molar-refractivity contribution in [3.05, 3.63) is 29.8 Å². The van der Waals surface area contributed by atoms with Gasteiger partial charge in [-0.05, 0) is 23.7 Å². The summed E-state index contributed by atoms with van der Waals surface area (Å²) in [5.74, 6) is 0.603. The van der Waals surface area contributed by atoms with Crippen LogP contribution < -0.4 is 4.74 Å². The number of alkyl halides is 3. The maximum atomic E-state index is 11.9. The third kappa shape index (κ3) is 4.00. The van der Waals surface area contributed by atoms with Gasteiger partial charge in [0.15, 0.2) is 0 Å². The molecule has 2 radical (unpaired) electrons. The monoisotopic (exact) mass is 298 g/mol. The second kappa shape index (κ2) is 5.72. The van der Waals surface area contributed by atoms with E-state index in [4.69, 9.17) is 4.74 Å². The largest absolute Gasteiger partial charge is 0.522 e. The summed E-state index contributed by atoms with van der Waals surface area (Å²) in [6, 6.07) is 6.57. The Kier molecular flexibility index (Phi) is 4.76. The van der Waals surface area contributed by atoms with Gasteiger partial charge in [-0.1, -0.05) is 12.1 Å². The highest BCUT2D eigenvalue weighted by molar-refractivity contribution is 7.88. The molecule has 1 aromatic rings. The summed E-state index contributed by atoms with van der Waals surface area (Å²) >= 11 is 0. The molecule has 0 aromatic heterocycles. The van der Waals surface area contributed by atoms with E-state index in [0.717, 1.165) is 0 Å². The molecule has 0 unspecified atom stereocenters. The molecule has 0 spiro atoms. The van der Waals surface area contributed by atoms with Gasteiger partial charge in [0, 0.05) is 0 Å². The molecule has 0 fully saturated rings. The molecule has 100 valence electrons. The molecule has 0 aliphatic heterocycles. The fraction of sp³-hybridized carbons (Fsp3) is 0.333. The van der Waals surface area contributed by atoms with Crippen molar-refractivity contribution < 1.29 is 30.2 Å². The van der Waals surface area contributed by atoms with Gasteiger partial charge in [-0.3, -0.25) is 0 Å². The number of benzene rings is 1. The zero-order chi connectivity index (χ0) is 13.8. The normalized spacial score (nSPS) is 12.4. The van der Waals surface area contributed by atoms with Crippen molar-refractivity contribution in [2.45, 2.75) is 11.6 Å². The van der Waals surface area contributed by atoms with Crippen LogP contribution in [0.3, 0.4) is 0 Å². The smallest absolute Gasteiger partial charge is 0.497 e. The van der Waals surface area contributed by atoms with E-state index >= 15 is 0 Å². The van der Waals surface area contributed by atoms with Crippen molar-refractivity contribution in [3.8, 4) is 5.75 Å². The van der Waals surface area contributed by atoms with Gasteiger partial charge in [-0.25, -0.2) is 0 Å². The Morgan fingerprint density at radius 2 is 1.78 bits per heavy atom. The molecule has 4 nitrogen and oxygen atoms in total. The van der Waals surface area contributed by atoms with Gasteiger partial charge >= 0.3 is 15.6 Å². The lowest BCUT2D eigenvalue weighted by molar-refractivity contribution is -0.0499. The molecule has 0 bridgehead atoms. The van der Waals surface area contributed by atoms with Gasteiger partial charge in [0.25, 0.3) is 9.76 Å². The van der Waals surface area contributed by atoms with Crippen molar-refractivity contribution in [1.82, 2.24) is 0 Å². The predicted octanol–water partition coefficient (Wildman–Crippen LogP) is 1.68. The first-order valence-corrected chi connectivity index (χ1v) is 7.14. The van der Waals surface area contributed by atoms with E-state index in [-0.39, 0.29) is 6.04 Å². The molecule has 9 heteroatoms. The molecule has 0 N–H and O–H groups in total. The average molecular weight is 298 g/mol. The first-order valence-electron chi connectivity index (χ1n) is 4.62. The number of rotatable bonds is 5. The minimum atomic E-state index is -5.49. The predicted molar refractivity (Wildman–Crippen MR) is 58.5 cm³/mol. The molecular formula is C9H9F3O4SSi. The summed E-state index contributed by atoms with van der Waals surface area (Å²) in [5, 5.41) is 0.